The van der Waals surface area contributed by atoms with Crippen LogP contribution < -0.4 is 9.47 Å². The molecule has 2 heterocycles. The molecular weight excluding hydrogens is 475 g/mol. The molecule has 1 aromatic heterocycles. The molecule has 188 valence electrons. The molecule has 5 rings (SSSR count). The second-order valence-corrected chi connectivity index (χ2v) is 8.72. The van der Waals surface area contributed by atoms with Gasteiger partial charge in [-0.2, -0.15) is 0 Å². The highest BCUT2D eigenvalue weighted by atomic mass is 19.1. The first-order valence-electron chi connectivity index (χ1n) is 11.7. The molecule has 1 fully saturated rings. The Labute approximate surface area is 212 Å². The van der Waals surface area contributed by atoms with Gasteiger partial charge in [0.05, 0.1) is 25.8 Å². The SMILES string of the molecule is COc1ccc([C@H]2C(=C(O)c3ccc(F)cc3)C(=O)C(=O)N2CCc2c[nH]c3ccccc23)c(OC)c1. The van der Waals surface area contributed by atoms with E-state index in [0.29, 0.717) is 23.5 Å². The van der Waals surface area contributed by atoms with E-state index in [0.717, 1.165) is 16.5 Å². The van der Waals surface area contributed by atoms with E-state index in [1.165, 1.54) is 43.4 Å². The molecule has 37 heavy (non-hydrogen) atoms. The largest absolute Gasteiger partial charge is 0.507 e. The number of fused-ring (bicyclic) bond motifs is 1. The fourth-order valence-corrected chi connectivity index (χ4v) is 4.82. The van der Waals surface area contributed by atoms with Gasteiger partial charge in [-0.1, -0.05) is 18.2 Å². The number of methoxy groups -OCH3 is 2. The number of aromatic amines is 1. The highest BCUT2D eigenvalue weighted by Crippen LogP contribution is 2.43. The van der Waals surface area contributed by atoms with Crippen molar-refractivity contribution >= 4 is 28.4 Å². The molecule has 4 aromatic rings. The van der Waals surface area contributed by atoms with Crippen molar-refractivity contribution in [1.82, 2.24) is 9.88 Å². The van der Waals surface area contributed by atoms with Crippen molar-refractivity contribution < 1.29 is 28.6 Å². The first kappa shape index (κ1) is 24.1. The molecule has 0 bridgehead atoms. The molecule has 0 radical (unpaired) electrons. The van der Waals surface area contributed by atoms with Gasteiger partial charge in [0.25, 0.3) is 11.7 Å². The van der Waals surface area contributed by atoms with Crippen LogP contribution in [-0.4, -0.2) is 47.4 Å². The number of amides is 1. The van der Waals surface area contributed by atoms with Crippen molar-refractivity contribution in [2.75, 3.05) is 20.8 Å². The number of para-hydroxylation sites is 1. The molecule has 0 saturated carbocycles. The van der Waals surface area contributed by atoms with Crippen molar-refractivity contribution in [3.8, 4) is 11.5 Å². The number of halogens is 1. The van der Waals surface area contributed by atoms with Crippen LogP contribution in [0.5, 0.6) is 11.5 Å². The molecule has 1 aliphatic rings. The third-order valence-corrected chi connectivity index (χ3v) is 6.69. The number of Topliss-reactive ketones (excluding diaryl/α,β-unsaturated/α-hetero) is 1. The fraction of sp³-hybridized carbons (Fsp3) is 0.172. The van der Waals surface area contributed by atoms with Crippen LogP contribution in [0.25, 0.3) is 16.7 Å². The lowest BCUT2D eigenvalue weighted by molar-refractivity contribution is -0.139. The maximum atomic E-state index is 13.5. The average Bonchev–Trinajstić information content (AvgIpc) is 3.45. The third kappa shape index (κ3) is 4.31. The summed E-state index contributed by atoms with van der Waals surface area (Å²) in [6, 6.07) is 17.1. The molecule has 0 aliphatic carbocycles. The van der Waals surface area contributed by atoms with E-state index in [9.17, 15) is 19.1 Å². The van der Waals surface area contributed by atoms with Gasteiger partial charge in [0, 0.05) is 40.8 Å². The summed E-state index contributed by atoms with van der Waals surface area (Å²) in [6.45, 7) is 0.215. The summed E-state index contributed by atoms with van der Waals surface area (Å²) in [5, 5.41) is 12.2. The summed E-state index contributed by atoms with van der Waals surface area (Å²) in [7, 11) is 3.01. The minimum Gasteiger partial charge on any atom is -0.507 e. The van der Waals surface area contributed by atoms with E-state index in [2.05, 4.69) is 4.98 Å². The van der Waals surface area contributed by atoms with Crippen molar-refractivity contribution in [2.24, 2.45) is 0 Å². The highest BCUT2D eigenvalue weighted by molar-refractivity contribution is 6.46. The molecule has 1 atom stereocenters. The lowest BCUT2D eigenvalue weighted by Gasteiger charge is -2.27. The number of H-pyrrole nitrogens is 1. The minimum absolute atomic E-state index is 0.0843. The predicted molar refractivity (Wildman–Crippen MR) is 137 cm³/mol. The number of carbonyl (C=O) groups excluding carboxylic acids is 2. The lowest BCUT2D eigenvalue weighted by atomic mass is 9.94. The summed E-state index contributed by atoms with van der Waals surface area (Å²) < 4.78 is 24.4. The fourth-order valence-electron chi connectivity index (χ4n) is 4.82. The summed E-state index contributed by atoms with van der Waals surface area (Å²) in [5.74, 6) is -1.47. The molecule has 1 aliphatic heterocycles. The molecule has 0 spiro atoms. The van der Waals surface area contributed by atoms with Crippen LogP contribution in [0.2, 0.25) is 0 Å². The third-order valence-electron chi connectivity index (χ3n) is 6.69. The first-order chi connectivity index (χ1) is 17.9. The van der Waals surface area contributed by atoms with Gasteiger partial charge in [0.2, 0.25) is 0 Å². The number of rotatable bonds is 7. The number of aliphatic hydroxyl groups excluding tert-OH is 1. The molecule has 1 amide bonds. The molecular formula is C29H25FN2O5. The Bertz CT molecular complexity index is 1520. The predicted octanol–water partition coefficient (Wildman–Crippen LogP) is 4.99. The Morgan fingerprint density at radius 2 is 1.78 bits per heavy atom. The van der Waals surface area contributed by atoms with Gasteiger partial charge in [-0.25, -0.2) is 4.39 Å². The van der Waals surface area contributed by atoms with Gasteiger partial charge in [-0.05, 0) is 54.4 Å². The number of hydrogen-bond donors (Lipinski definition) is 2. The maximum absolute atomic E-state index is 13.5. The van der Waals surface area contributed by atoms with Crippen LogP contribution in [0.3, 0.4) is 0 Å². The van der Waals surface area contributed by atoms with Gasteiger partial charge in [0.15, 0.2) is 0 Å². The number of carbonyl (C=O) groups is 2. The normalized spacial score (nSPS) is 16.9. The number of ketones is 1. The Kier molecular flexibility index (Phi) is 6.40. The smallest absolute Gasteiger partial charge is 0.295 e. The number of nitrogens with one attached hydrogen (secondary N) is 1. The topological polar surface area (TPSA) is 91.9 Å². The number of aliphatic hydroxyl groups is 1. The van der Waals surface area contributed by atoms with E-state index in [1.807, 2.05) is 30.5 Å². The summed E-state index contributed by atoms with van der Waals surface area (Å²) in [4.78, 5) is 31.3. The highest BCUT2D eigenvalue weighted by Gasteiger charge is 2.47. The number of nitrogens with zero attached hydrogens (tertiary/aromatic N) is 1. The molecule has 3 aromatic carbocycles. The number of ether oxygens (including phenoxy) is 2. The Morgan fingerprint density at radius 1 is 1.03 bits per heavy atom. The van der Waals surface area contributed by atoms with Crippen LogP contribution >= 0.6 is 0 Å². The zero-order valence-corrected chi connectivity index (χ0v) is 20.3. The van der Waals surface area contributed by atoms with Gasteiger partial charge in [-0.15, -0.1) is 0 Å². The van der Waals surface area contributed by atoms with Gasteiger partial charge in [0.1, 0.15) is 23.1 Å². The molecule has 7 nitrogen and oxygen atoms in total. The van der Waals surface area contributed by atoms with E-state index < -0.39 is 23.5 Å². The monoisotopic (exact) mass is 500 g/mol. The second-order valence-electron chi connectivity index (χ2n) is 8.72. The Morgan fingerprint density at radius 3 is 2.51 bits per heavy atom. The molecule has 1 saturated heterocycles. The molecule has 0 unspecified atom stereocenters. The van der Waals surface area contributed by atoms with Crippen molar-refractivity contribution in [1.29, 1.82) is 0 Å². The van der Waals surface area contributed by atoms with Crippen LogP contribution in [0.15, 0.2) is 78.5 Å². The standard InChI is InChI=1S/C29H25FN2O5/c1-36-20-11-12-22(24(15-20)37-2)26-25(27(33)17-7-9-19(30)10-8-17)28(34)29(35)32(26)14-13-18-16-31-23-6-4-3-5-21(18)23/h3-12,15-16,26,31,33H,13-14H2,1-2H3/t26-/m0/s1. The van der Waals surface area contributed by atoms with Crippen molar-refractivity contribution in [2.45, 2.75) is 12.5 Å². The lowest BCUT2D eigenvalue weighted by Crippen LogP contribution is -2.31. The van der Waals surface area contributed by atoms with Crippen molar-refractivity contribution in [3.05, 3.63) is 101 Å². The number of hydrogen-bond acceptors (Lipinski definition) is 5. The van der Waals surface area contributed by atoms with Gasteiger partial charge < -0.3 is 24.5 Å². The summed E-state index contributed by atoms with van der Waals surface area (Å²) >= 11 is 0. The Balaban J connectivity index is 1.61. The molecule has 8 heteroatoms. The van der Waals surface area contributed by atoms with Crippen LogP contribution in [0.4, 0.5) is 4.39 Å². The average molecular weight is 501 g/mol. The van der Waals surface area contributed by atoms with Crippen LogP contribution in [0, 0.1) is 5.82 Å². The number of aromatic nitrogens is 1. The van der Waals surface area contributed by atoms with Gasteiger partial charge >= 0.3 is 0 Å². The van der Waals surface area contributed by atoms with E-state index in [4.69, 9.17) is 9.47 Å². The quantitative estimate of drug-likeness (QED) is 0.212. The zero-order chi connectivity index (χ0) is 26.1. The van der Waals surface area contributed by atoms with Crippen LogP contribution in [-0.2, 0) is 16.0 Å². The minimum atomic E-state index is -0.920. The van der Waals surface area contributed by atoms with E-state index >= 15 is 0 Å². The number of benzene rings is 3. The Hall–Kier alpha value is -4.59. The zero-order valence-electron chi connectivity index (χ0n) is 20.3. The second kappa shape index (κ2) is 9.81. The van der Waals surface area contributed by atoms with Crippen molar-refractivity contribution in [3.63, 3.8) is 0 Å². The van der Waals surface area contributed by atoms with Gasteiger partial charge in [-0.3, -0.25) is 9.59 Å². The summed E-state index contributed by atoms with van der Waals surface area (Å²) in [6.07, 6.45) is 2.37. The molecule has 2 N–H and O–H groups in total. The van der Waals surface area contributed by atoms with E-state index in [-0.39, 0.29) is 23.4 Å². The first-order valence-corrected chi connectivity index (χ1v) is 11.7. The number of likely N-dealkylation sites (tertiary alicyclic amines) is 1. The summed E-state index contributed by atoms with van der Waals surface area (Å²) in [5.41, 5.74) is 2.64. The maximum Gasteiger partial charge on any atom is 0.295 e. The van der Waals surface area contributed by atoms with E-state index in [1.54, 1.807) is 18.2 Å². The van der Waals surface area contributed by atoms with Crippen LogP contribution in [0.1, 0.15) is 22.7 Å².